The van der Waals surface area contributed by atoms with Crippen LogP contribution in [-0.4, -0.2) is 156 Å². The molecular weight excluding hydrogens is 913 g/mol. The summed E-state index contributed by atoms with van der Waals surface area (Å²) in [6.07, 6.45) is -4.27. The number of aromatic hydroxyl groups is 3. The van der Waals surface area contributed by atoms with Gasteiger partial charge in [0.2, 0.25) is 23.5 Å². The average Bonchev–Trinajstić information content (AvgIpc) is 3.31. The van der Waals surface area contributed by atoms with Gasteiger partial charge in [-0.15, -0.1) is 0 Å². The Bertz CT molecular complexity index is 2450. The predicted octanol–water partition coefficient (Wildman–Crippen LogP) is 0.146. The molecule has 0 saturated carbocycles. The lowest BCUT2D eigenvalue weighted by Gasteiger charge is -2.43. The Labute approximate surface area is 394 Å². The minimum atomic E-state index is -2.37. The van der Waals surface area contributed by atoms with Crippen LogP contribution in [0, 0.1) is 0 Å². The molecular formula is C46H56N4O19. The zero-order chi connectivity index (χ0) is 50.3. The number of amides is 4. The summed E-state index contributed by atoms with van der Waals surface area (Å²) in [5, 5.41) is 73.9. The van der Waals surface area contributed by atoms with Crippen molar-refractivity contribution in [3.05, 3.63) is 62.9 Å². The molecule has 0 radical (unpaired) electrons. The first-order chi connectivity index (χ1) is 32.8. The highest BCUT2D eigenvalue weighted by Gasteiger charge is 2.51. The molecule has 4 amide bonds. The number of carbonyl (C=O) groups excluding carboxylic acids is 7. The summed E-state index contributed by atoms with van der Waals surface area (Å²) in [5.74, 6) is -6.89. The number of primary amides is 1. The number of benzene rings is 2. The summed E-state index contributed by atoms with van der Waals surface area (Å²) in [6.45, 7) is 0.339. The third-order valence-corrected chi connectivity index (χ3v) is 12.2. The van der Waals surface area contributed by atoms with Crippen LogP contribution in [0.1, 0.15) is 100 Å². The number of phenolic OH excluding ortho intramolecular Hbond substituents is 2. The van der Waals surface area contributed by atoms with E-state index in [0.29, 0.717) is 12.8 Å². The van der Waals surface area contributed by atoms with E-state index in [1.807, 2.05) is 0 Å². The number of hydrogen-bond donors (Lipinski definition) is 10. The number of ketones is 3. The third kappa shape index (κ3) is 11.2. The molecule has 374 valence electrons. The number of rotatable bonds is 21. The van der Waals surface area contributed by atoms with Gasteiger partial charge in [-0.05, 0) is 31.9 Å². The van der Waals surface area contributed by atoms with E-state index in [1.54, 1.807) is 0 Å². The Hall–Kier alpha value is -6.47. The highest BCUT2D eigenvalue weighted by atomic mass is 16.7. The summed E-state index contributed by atoms with van der Waals surface area (Å²) < 4.78 is 33.2. The van der Waals surface area contributed by atoms with Gasteiger partial charge in [0, 0.05) is 61.8 Å². The number of Topliss-reactive ketones (excluding diaryl/α,β-unsaturated/α-hetero) is 3. The van der Waals surface area contributed by atoms with Crippen molar-refractivity contribution in [3.8, 4) is 23.0 Å². The Morgan fingerprint density at radius 3 is 2.32 bits per heavy atom. The number of aliphatic hydroxyl groups is 3. The van der Waals surface area contributed by atoms with Crippen LogP contribution in [-0.2, 0) is 49.3 Å². The van der Waals surface area contributed by atoms with Crippen LogP contribution in [0.25, 0.3) is 0 Å². The second-order valence-electron chi connectivity index (χ2n) is 16.8. The number of phenols is 3. The van der Waals surface area contributed by atoms with Crippen molar-refractivity contribution < 1.29 is 92.6 Å². The maximum Gasteiger partial charge on any atom is 0.256 e. The second-order valence-corrected chi connectivity index (χ2v) is 16.8. The highest BCUT2D eigenvalue weighted by Crippen LogP contribution is 2.53. The largest absolute Gasteiger partial charge is 0.507 e. The second kappa shape index (κ2) is 22.3. The molecule has 2 aromatic carbocycles. The number of methoxy groups -OCH3 is 2. The lowest BCUT2D eigenvalue weighted by atomic mass is 9.70. The summed E-state index contributed by atoms with van der Waals surface area (Å²) in [4.78, 5) is 90.2. The molecule has 0 aromatic heterocycles. The number of ether oxygens (including phenoxy) is 6. The number of carbonyl (C=O) groups is 7. The summed E-state index contributed by atoms with van der Waals surface area (Å²) in [6, 6.07) is 1.71. The summed E-state index contributed by atoms with van der Waals surface area (Å²) in [7, 11) is 2.63. The van der Waals surface area contributed by atoms with Crippen LogP contribution < -0.4 is 26.4 Å². The number of allylic oxidation sites excluding steroid dienone is 4. The van der Waals surface area contributed by atoms with Crippen molar-refractivity contribution in [2.75, 3.05) is 59.1 Å². The van der Waals surface area contributed by atoms with Gasteiger partial charge in [-0.3, -0.25) is 33.6 Å². The lowest BCUT2D eigenvalue weighted by Crippen LogP contribution is -2.55. The number of nitrogens with two attached hydrogens (primary N) is 1. The van der Waals surface area contributed by atoms with Gasteiger partial charge in [0.25, 0.3) is 5.91 Å². The van der Waals surface area contributed by atoms with E-state index < -0.39 is 126 Å². The molecule has 2 aromatic rings. The van der Waals surface area contributed by atoms with Gasteiger partial charge in [0.05, 0.1) is 74.7 Å². The molecule has 6 rings (SSSR count). The van der Waals surface area contributed by atoms with E-state index in [1.165, 1.54) is 39.4 Å². The van der Waals surface area contributed by atoms with Crippen LogP contribution in [0.4, 0.5) is 5.69 Å². The fraction of sp³-hybridized carbons (Fsp3) is 0.500. The van der Waals surface area contributed by atoms with Gasteiger partial charge in [0.1, 0.15) is 53.5 Å². The van der Waals surface area contributed by atoms with E-state index in [4.69, 9.17) is 34.2 Å². The fourth-order valence-electron chi connectivity index (χ4n) is 8.81. The molecule has 0 unspecified atom stereocenters. The molecule has 23 heteroatoms. The van der Waals surface area contributed by atoms with Gasteiger partial charge in [-0.25, -0.2) is 0 Å². The van der Waals surface area contributed by atoms with Crippen LogP contribution in [0.5, 0.6) is 23.0 Å². The molecule has 1 aliphatic heterocycles. The van der Waals surface area contributed by atoms with Crippen molar-refractivity contribution in [1.29, 1.82) is 0 Å². The van der Waals surface area contributed by atoms with Crippen molar-refractivity contribution in [1.82, 2.24) is 10.6 Å². The molecule has 6 atom stereocenters. The molecule has 4 aliphatic rings. The van der Waals surface area contributed by atoms with Crippen molar-refractivity contribution in [2.45, 2.75) is 94.5 Å². The minimum Gasteiger partial charge on any atom is -0.507 e. The first-order valence-electron chi connectivity index (χ1n) is 22.1. The third-order valence-electron chi connectivity index (χ3n) is 12.2. The zero-order valence-corrected chi connectivity index (χ0v) is 38.1. The maximum absolute atomic E-state index is 14.0. The van der Waals surface area contributed by atoms with Crippen LogP contribution in [0.2, 0.25) is 0 Å². The first-order valence-corrected chi connectivity index (χ1v) is 22.1. The SMILES string of the molecule is COC1=C2C(=O)c3c(O)c4c(c(O)c3C(=O)C2=CCC1)C[C@@](O)(C(=O)CO)C[C@H]4O[C@@H]1C[C@H](NC(=O)CCCC(=O)NCCOCCOCC(=O)Nc2ccc(OC)c(C(N)=O)c2O)[C@H](O)[C@H](C)O1. The topological polar surface area (TPSA) is 358 Å². The van der Waals surface area contributed by atoms with Crippen LogP contribution >= 0.6 is 0 Å². The monoisotopic (exact) mass is 968 g/mol. The number of anilines is 1. The van der Waals surface area contributed by atoms with Crippen molar-refractivity contribution >= 4 is 46.7 Å². The Morgan fingerprint density at radius 2 is 1.62 bits per heavy atom. The fourth-order valence-corrected chi connectivity index (χ4v) is 8.81. The molecule has 1 fully saturated rings. The van der Waals surface area contributed by atoms with Gasteiger partial charge in [-0.1, -0.05) is 6.08 Å². The van der Waals surface area contributed by atoms with E-state index in [0.717, 1.165) is 0 Å². The lowest BCUT2D eigenvalue weighted by molar-refractivity contribution is -0.249. The molecule has 3 aliphatic carbocycles. The van der Waals surface area contributed by atoms with E-state index in [2.05, 4.69) is 16.0 Å². The molecule has 1 saturated heterocycles. The predicted molar refractivity (Wildman–Crippen MR) is 236 cm³/mol. The standard InChI is InChI=1S/C46H56N4O19/c1-21-39(56)25(50-31(54)9-5-8-30(53)48-12-13-66-14-15-67-20-32(55)49-24-10-11-27(65-3)36(42(24)59)45(47)62)16-33(68-21)69-28-18-46(63,29(52)19-51)17-23-35(28)44(61)38-37(41(23)58)40(57)22-6-4-7-26(64-2)34(22)43(38)60/h6,10-11,21,25,28,33,39,51,56,58-59,61,63H,4-5,7-9,12-20H2,1-3H3,(H2,47,62)(H,48,53)(H,49,55)(H,50,54)/t21-,25-,28+,33+,39+,46-/m0/s1. The number of hydrogen-bond acceptors (Lipinski definition) is 19. The summed E-state index contributed by atoms with van der Waals surface area (Å²) >= 11 is 0. The number of aliphatic hydroxyl groups excluding tert-OH is 2. The van der Waals surface area contributed by atoms with Crippen LogP contribution in [0.15, 0.2) is 35.1 Å². The van der Waals surface area contributed by atoms with E-state index >= 15 is 0 Å². The maximum atomic E-state index is 14.0. The summed E-state index contributed by atoms with van der Waals surface area (Å²) in [5.41, 5.74) is 0.941. The van der Waals surface area contributed by atoms with Gasteiger partial charge >= 0.3 is 0 Å². The number of nitrogens with one attached hydrogen (secondary N) is 3. The van der Waals surface area contributed by atoms with Crippen molar-refractivity contribution in [3.63, 3.8) is 0 Å². The van der Waals surface area contributed by atoms with E-state index in [9.17, 15) is 64.2 Å². The first kappa shape index (κ1) is 51.9. The molecule has 69 heavy (non-hydrogen) atoms. The quantitative estimate of drug-likeness (QED) is 0.0452. The van der Waals surface area contributed by atoms with E-state index in [-0.39, 0.29) is 103 Å². The van der Waals surface area contributed by atoms with Gasteiger partial charge in [-0.2, -0.15) is 0 Å². The van der Waals surface area contributed by atoms with Crippen LogP contribution in [0.3, 0.4) is 0 Å². The molecule has 1 heterocycles. The molecule has 0 bridgehead atoms. The Morgan fingerprint density at radius 1 is 0.913 bits per heavy atom. The van der Waals surface area contributed by atoms with Gasteiger partial charge < -0.3 is 80.7 Å². The smallest absolute Gasteiger partial charge is 0.256 e. The minimum absolute atomic E-state index is 0.0174. The molecule has 23 nitrogen and oxygen atoms in total. The Balaban J connectivity index is 0.978. The molecule has 11 N–H and O–H groups in total. The average molecular weight is 969 g/mol. The zero-order valence-electron chi connectivity index (χ0n) is 38.1. The van der Waals surface area contributed by atoms with Gasteiger partial charge in [0.15, 0.2) is 23.6 Å². The normalized spacial score (nSPS) is 22.9. The number of fused-ring (bicyclic) bond motifs is 3. The Kier molecular flexibility index (Phi) is 16.8. The highest BCUT2D eigenvalue weighted by molar-refractivity contribution is 6.33. The van der Waals surface area contributed by atoms with Crippen molar-refractivity contribution in [2.24, 2.45) is 5.73 Å². The molecule has 0 spiro atoms.